The normalized spacial score (nSPS) is 17.8. The molecule has 3 rings (SSSR count). The first-order chi connectivity index (χ1) is 9.70. The number of hydrogen-bond donors (Lipinski definition) is 1. The Morgan fingerprint density at radius 2 is 2.50 bits per heavy atom. The maximum atomic E-state index is 12.0. The summed E-state index contributed by atoms with van der Waals surface area (Å²) in [6, 6.07) is 2.15. The van der Waals surface area contributed by atoms with Gasteiger partial charge in [-0.1, -0.05) is 11.6 Å². The molecule has 2 aromatic heterocycles. The predicted molar refractivity (Wildman–Crippen MR) is 80.1 cm³/mol. The molecule has 1 atom stereocenters. The van der Waals surface area contributed by atoms with Crippen LogP contribution in [0.25, 0.3) is 0 Å². The average molecular weight is 310 g/mol. The van der Waals surface area contributed by atoms with E-state index in [1.54, 1.807) is 11.3 Å². The van der Waals surface area contributed by atoms with Crippen molar-refractivity contribution in [3.05, 3.63) is 39.6 Å². The number of halogens is 1. The molecule has 3 heterocycles. The van der Waals surface area contributed by atoms with Crippen LogP contribution < -0.4 is 5.32 Å². The lowest BCUT2D eigenvalue weighted by Crippen LogP contribution is -2.40. The molecular formula is C14H16ClN3OS. The van der Waals surface area contributed by atoms with Gasteiger partial charge in [-0.2, -0.15) is 0 Å². The highest BCUT2D eigenvalue weighted by Crippen LogP contribution is 2.20. The van der Waals surface area contributed by atoms with Crippen LogP contribution in [0.5, 0.6) is 0 Å². The number of thiophene rings is 1. The van der Waals surface area contributed by atoms with Gasteiger partial charge >= 0.3 is 0 Å². The molecule has 20 heavy (non-hydrogen) atoms. The molecule has 0 spiro atoms. The molecule has 0 aliphatic carbocycles. The zero-order valence-electron chi connectivity index (χ0n) is 11.0. The largest absolute Gasteiger partial charge is 0.352 e. The van der Waals surface area contributed by atoms with Crippen LogP contribution in [0.4, 0.5) is 0 Å². The van der Waals surface area contributed by atoms with Crippen molar-refractivity contribution in [1.29, 1.82) is 0 Å². The Bertz CT molecular complexity index is 607. The Balaban J connectivity index is 1.47. The minimum absolute atomic E-state index is 0.114. The highest BCUT2D eigenvalue weighted by molar-refractivity contribution is 7.10. The maximum absolute atomic E-state index is 12.0. The zero-order chi connectivity index (χ0) is 13.9. The number of nitrogens with one attached hydrogen (secondary N) is 1. The second-order valence-corrected chi connectivity index (χ2v) is 6.46. The summed E-state index contributed by atoms with van der Waals surface area (Å²) in [4.78, 5) is 17.4. The lowest BCUT2D eigenvalue weighted by Gasteiger charge is -2.24. The van der Waals surface area contributed by atoms with E-state index in [0.717, 1.165) is 41.5 Å². The third kappa shape index (κ3) is 3.22. The summed E-state index contributed by atoms with van der Waals surface area (Å²) in [5, 5.41) is 5.76. The van der Waals surface area contributed by atoms with E-state index in [4.69, 9.17) is 11.6 Å². The first kappa shape index (κ1) is 13.6. The van der Waals surface area contributed by atoms with Crippen LogP contribution in [0.3, 0.4) is 0 Å². The molecular weight excluding hydrogens is 294 g/mol. The van der Waals surface area contributed by atoms with Gasteiger partial charge < -0.3 is 9.88 Å². The molecule has 0 bridgehead atoms. The molecule has 0 aromatic carbocycles. The van der Waals surface area contributed by atoms with Crippen LogP contribution in [0.15, 0.2) is 23.8 Å². The summed E-state index contributed by atoms with van der Waals surface area (Å²) < 4.78 is 2.12. The maximum Gasteiger partial charge on any atom is 0.220 e. The van der Waals surface area contributed by atoms with Crippen LogP contribution in [-0.4, -0.2) is 21.5 Å². The molecule has 1 amide bonds. The van der Waals surface area contributed by atoms with Crippen LogP contribution in [0.1, 0.15) is 23.5 Å². The van der Waals surface area contributed by atoms with E-state index >= 15 is 0 Å². The van der Waals surface area contributed by atoms with Gasteiger partial charge in [-0.25, -0.2) is 4.98 Å². The Morgan fingerprint density at radius 1 is 1.60 bits per heavy atom. The number of carbonyl (C=O) groups excluding carboxylic acids is 1. The Labute approximate surface area is 126 Å². The monoisotopic (exact) mass is 309 g/mol. The first-order valence-corrected chi connectivity index (χ1v) is 7.99. The first-order valence-electron chi connectivity index (χ1n) is 6.73. The summed E-state index contributed by atoms with van der Waals surface area (Å²) in [7, 11) is 0. The number of hydrogen-bond acceptors (Lipinski definition) is 3. The van der Waals surface area contributed by atoms with Crippen molar-refractivity contribution in [2.45, 2.75) is 38.3 Å². The van der Waals surface area contributed by atoms with E-state index < -0.39 is 0 Å². The molecule has 6 heteroatoms. The van der Waals surface area contributed by atoms with Crippen molar-refractivity contribution >= 4 is 28.8 Å². The van der Waals surface area contributed by atoms with Gasteiger partial charge in [0.1, 0.15) is 5.82 Å². The van der Waals surface area contributed by atoms with Crippen LogP contribution in [0, 0.1) is 0 Å². The van der Waals surface area contributed by atoms with Gasteiger partial charge in [-0.05, 0) is 18.9 Å². The van der Waals surface area contributed by atoms with Gasteiger partial charge in [0, 0.05) is 48.1 Å². The molecule has 0 fully saturated rings. The van der Waals surface area contributed by atoms with Crippen molar-refractivity contribution in [2.24, 2.45) is 0 Å². The number of aryl methyl sites for hydroxylation is 2. The lowest BCUT2D eigenvalue weighted by molar-refractivity contribution is -0.121. The average Bonchev–Trinajstić information content (AvgIpc) is 3.04. The fourth-order valence-electron chi connectivity index (χ4n) is 2.51. The topological polar surface area (TPSA) is 46.9 Å². The molecule has 1 N–H and O–H groups in total. The number of imidazole rings is 1. The third-order valence-corrected chi connectivity index (χ3v) is 4.86. The van der Waals surface area contributed by atoms with E-state index in [0.29, 0.717) is 6.42 Å². The summed E-state index contributed by atoms with van der Waals surface area (Å²) in [5.41, 5.74) is 0. The minimum Gasteiger partial charge on any atom is -0.352 e. The van der Waals surface area contributed by atoms with Crippen molar-refractivity contribution in [1.82, 2.24) is 14.9 Å². The summed E-state index contributed by atoms with van der Waals surface area (Å²) in [6.07, 6.45) is 6.96. The molecule has 1 aliphatic rings. The fourth-order valence-corrected chi connectivity index (χ4v) is 3.58. The van der Waals surface area contributed by atoms with E-state index in [1.165, 1.54) is 0 Å². The number of aromatic nitrogens is 2. The number of amides is 1. The van der Waals surface area contributed by atoms with E-state index in [2.05, 4.69) is 14.9 Å². The number of nitrogens with zero attached hydrogens (tertiary/aromatic N) is 2. The zero-order valence-corrected chi connectivity index (χ0v) is 12.6. The van der Waals surface area contributed by atoms with E-state index in [1.807, 2.05) is 23.8 Å². The minimum atomic E-state index is 0.114. The number of fused-ring (bicyclic) bond motifs is 1. The SMILES string of the molecule is O=C(CCc1cc(Cl)cs1)N[C@H]1CCc2nccn2C1. The summed E-state index contributed by atoms with van der Waals surface area (Å²) in [5.74, 6) is 1.23. The predicted octanol–water partition coefficient (Wildman–Crippen LogP) is 2.66. The quantitative estimate of drug-likeness (QED) is 0.944. The second kappa shape index (κ2) is 5.97. The molecule has 0 saturated carbocycles. The standard InChI is InChI=1S/C14H16ClN3OS/c15-10-7-12(20-9-10)2-4-14(19)17-11-1-3-13-16-5-6-18(13)8-11/h5-7,9,11H,1-4,8H2,(H,17,19)/t11-/m0/s1. The van der Waals surface area contributed by atoms with Crippen LogP contribution >= 0.6 is 22.9 Å². The van der Waals surface area contributed by atoms with Crippen molar-refractivity contribution in [3.8, 4) is 0 Å². The fraction of sp³-hybridized carbons (Fsp3) is 0.429. The summed E-state index contributed by atoms with van der Waals surface area (Å²) in [6.45, 7) is 0.825. The van der Waals surface area contributed by atoms with Crippen molar-refractivity contribution in [3.63, 3.8) is 0 Å². The lowest BCUT2D eigenvalue weighted by atomic mass is 10.1. The third-order valence-electron chi connectivity index (χ3n) is 3.52. The van der Waals surface area contributed by atoms with Gasteiger partial charge in [0.05, 0.1) is 5.02 Å². The van der Waals surface area contributed by atoms with Crippen molar-refractivity contribution < 1.29 is 4.79 Å². The highest BCUT2D eigenvalue weighted by Gasteiger charge is 2.20. The van der Waals surface area contributed by atoms with E-state index in [9.17, 15) is 4.79 Å². The Morgan fingerprint density at radius 3 is 3.30 bits per heavy atom. The number of carbonyl (C=O) groups is 1. The van der Waals surface area contributed by atoms with Gasteiger partial charge in [-0.3, -0.25) is 4.79 Å². The van der Waals surface area contributed by atoms with Gasteiger partial charge in [0.25, 0.3) is 0 Å². The van der Waals surface area contributed by atoms with Crippen molar-refractivity contribution in [2.75, 3.05) is 0 Å². The highest BCUT2D eigenvalue weighted by atomic mass is 35.5. The molecule has 0 saturated heterocycles. The van der Waals surface area contributed by atoms with Gasteiger partial charge in [0.2, 0.25) is 5.91 Å². The molecule has 2 aromatic rings. The second-order valence-electron chi connectivity index (χ2n) is 5.03. The van der Waals surface area contributed by atoms with Gasteiger partial charge in [-0.15, -0.1) is 11.3 Å². The number of rotatable bonds is 4. The molecule has 106 valence electrons. The molecule has 0 radical (unpaired) electrons. The van der Waals surface area contributed by atoms with Crippen LogP contribution in [-0.2, 0) is 24.2 Å². The van der Waals surface area contributed by atoms with Crippen LogP contribution in [0.2, 0.25) is 5.02 Å². The van der Waals surface area contributed by atoms with Gasteiger partial charge in [0.15, 0.2) is 0 Å². The smallest absolute Gasteiger partial charge is 0.220 e. The Kier molecular flexibility index (Phi) is 4.08. The Hall–Kier alpha value is -1.33. The molecule has 0 unspecified atom stereocenters. The molecule has 4 nitrogen and oxygen atoms in total. The van der Waals surface area contributed by atoms with E-state index in [-0.39, 0.29) is 11.9 Å². The molecule has 1 aliphatic heterocycles. The summed E-state index contributed by atoms with van der Waals surface area (Å²) >= 11 is 7.47.